The van der Waals surface area contributed by atoms with Gasteiger partial charge in [0, 0.05) is 20.6 Å². The van der Waals surface area contributed by atoms with Crippen molar-refractivity contribution >= 4 is 18.3 Å². The van der Waals surface area contributed by atoms with E-state index in [-0.39, 0.29) is 18.9 Å². The minimum atomic E-state index is -0.465. The molecule has 0 bridgehead atoms. The van der Waals surface area contributed by atoms with Gasteiger partial charge in [0.2, 0.25) is 0 Å². The summed E-state index contributed by atoms with van der Waals surface area (Å²) in [5.41, 5.74) is 0. The third-order valence-corrected chi connectivity index (χ3v) is 1.32. The molecule has 0 radical (unpaired) electrons. The number of esters is 1. The lowest BCUT2D eigenvalue weighted by atomic mass is 10.4. The van der Waals surface area contributed by atoms with Crippen LogP contribution in [0.2, 0.25) is 0 Å². The highest BCUT2D eigenvalue weighted by Crippen LogP contribution is 1.84. The minimum absolute atomic E-state index is 0.164. The van der Waals surface area contributed by atoms with Crippen LogP contribution in [-0.2, 0) is 9.53 Å². The van der Waals surface area contributed by atoms with Gasteiger partial charge in [-0.2, -0.15) is 4.99 Å². The van der Waals surface area contributed by atoms with Gasteiger partial charge in [-0.3, -0.25) is 4.79 Å². The molecule has 2 amide bonds. The van der Waals surface area contributed by atoms with Crippen LogP contribution in [0, 0.1) is 0 Å². The van der Waals surface area contributed by atoms with Crippen LogP contribution in [0.15, 0.2) is 4.99 Å². The van der Waals surface area contributed by atoms with Crippen molar-refractivity contribution in [2.24, 2.45) is 4.99 Å². The first-order valence-electron chi connectivity index (χ1n) is 4.70. The van der Waals surface area contributed by atoms with Crippen molar-refractivity contribution in [3.63, 3.8) is 0 Å². The van der Waals surface area contributed by atoms with Crippen molar-refractivity contribution in [2.75, 3.05) is 27.2 Å². The molecule has 15 heavy (non-hydrogen) atoms. The number of hydrogen-bond donors (Lipinski definition) is 1. The number of carbonyl (C=O) groups is 2. The summed E-state index contributed by atoms with van der Waals surface area (Å²) in [6.07, 6.45) is 1.55. The zero-order valence-electron chi connectivity index (χ0n) is 9.32. The summed E-state index contributed by atoms with van der Waals surface area (Å²) in [4.78, 5) is 27.1. The molecule has 0 aliphatic heterocycles. The maximum absolute atomic E-state index is 11.0. The number of amides is 2. The lowest BCUT2D eigenvalue weighted by Gasteiger charge is -2.03. The molecule has 0 atom stereocenters. The number of ether oxygens (including phenoxy) is 1. The van der Waals surface area contributed by atoms with E-state index in [1.165, 1.54) is 6.34 Å². The topological polar surface area (TPSA) is 71.0 Å². The number of nitrogens with one attached hydrogen (secondary N) is 1. The van der Waals surface area contributed by atoms with E-state index < -0.39 is 6.03 Å². The van der Waals surface area contributed by atoms with Crippen LogP contribution in [0.4, 0.5) is 4.79 Å². The van der Waals surface area contributed by atoms with E-state index >= 15 is 0 Å². The summed E-state index contributed by atoms with van der Waals surface area (Å²) < 4.78 is 4.68. The average Bonchev–Trinajstić information content (AvgIpc) is 2.15. The number of carbonyl (C=O) groups excluding carboxylic acids is 2. The SMILES string of the molecule is CCOC(=O)CCNC(=O)N=CN(C)C. The monoisotopic (exact) mass is 215 g/mol. The summed E-state index contributed by atoms with van der Waals surface area (Å²) in [7, 11) is 3.52. The molecule has 0 aliphatic carbocycles. The molecule has 0 saturated carbocycles. The Kier molecular flexibility index (Phi) is 6.96. The number of aliphatic imine (C=N–C) groups is 1. The summed E-state index contributed by atoms with van der Waals surface area (Å²) in [6.45, 7) is 2.33. The van der Waals surface area contributed by atoms with E-state index in [9.17, 15) is 9.59 Å². The molecule has 0 aromatic carbocycles. The largest absolute Gasteiger partial charge is 0.466 e. The van der Waals surface area contributed by atoms with Crippen LogP contribution in [0.3, 0.4) is 0 Å². The van der Waals surface area contributed by atoms with Gasteiger partial charge in [-0.05, 0) is 6.92 Å². The Morgan fingerprint density at radius 3 is 2.67 bits per heavy atom. The number of hydrogen-bond acceptors (Lipinski definition) is 3. The molecule has 6 heteroatoms. The van der Waals surface area contributed by atoms with Crippen LogP contribution in [0.5, 0.6) is 0 Å². The first-order valence-corrected chi connectivity index (χ1v) is 4.70. The van der Waals surface area contributed by atoms with Gasteiger partial charge in [-0.1, -0.05) is 0 Å². The Morgan fingerprint density at radius 2 is 2.13 bits per heavy atom. The normalized spacial score (nSPS) is 10.1. The molecular weight excluding hydrogens is 198 g/mol. The quantitative estimate of drug-likeness (QED) is 0.405. The number of rotatable bonds is 5. The number of urea groups is 1. The summed E-state index contributed by atoms with van der Waals surface area (Å²) >= 11 is 0. The standard InChI is InChI=1S/C9H17N3O3/c1-4-15-8(13)5-6-10-9(14)11-7-12(2)3/h7H,4-6H2,1-3H3,(H,10,14). The molecule has 0 fully saturated rings. The van der Waals surface area contributed by atoms with Crippen molar-refractivity contribution in [3.8, 4) is 0 Å². The third kappa shape index (κ3) is 8.73. The molecule has 6 nitrogen and oxygen atoms in total. The van der Waals surface area contributed by atoms with Gasteiger partial charge in [0.15, 0.2) is 0 Å². The van der Waals surface area contributed by atoms with E-state index in [1.54, 1.807) is 25.9 Å². The van der Waals surface area contributed by atoms with E-state index in [2.05, 4.69) is 15.0 Å². The van der Waals surface area contributed by atoms with Gasteiger partial charge < -0.3 is 15.0 Å². The summed E-state index contributed by atoms with van der Waals surface area (Å²) in [5.74, 6) is -0.325. The fourth-order valence-electron chi connectivity index (χ4n) is 0.718. The zero-order valence-corrected chi connectivity index (χ0v) is 9.32. The zero-order chi connectivity index (χ0) is 11.7. The van der Waals surface area contributed by atoms with Gasteiger partial charge in [0.25, 0.3) is 0 Å². The van der Waals surface area contributed by atoms with Crippen molar-refractivity contribution < 1.29 is 14.3 Å². The molecular formula is C9H17N3O3. The summed E-state index contributed by atoms with van der Waals surface area (Å²) in [6, 6.07) is -0.465. The molecule has 0 spiro atoms. The third-order valence-electron chi connectivity index (χ3n) is 1.32. The Labute approximate surface area is 89.3 Å². The van der Waals surface area contributed by atoms with Crippen molar-refractivity contribution in [3.05, 3.63) is 0 Å². The van der Waals surface area contributed by atoms with Gasteiger partial charge in [-0.15, -0.1) is 0 Å². The van der Waals surface area contributed by atoms with E-state index in [0.29, 0.717) is 6.61 Å². The molecule has 0 aromatic heterocycles. The molecule has 86 valence electrons. The molecule has 0 heterocycles. The van der Waals surface area contributed by atoms with Crippen LogP contribution in [0.1, 0.15) is 13.3 Å². The van der Waals surface area contributed by atoms with Crippen molar-refractivity contribution in [2.45, 2.75) is 13.3 Å². The maximum atomic E-state index is 11.0. The maximum Gasteiger partial charge on any atom is 0.342 e. The highest BCUT2D eigenvalue weighted by atomic mass is 16.5. The molecule has 0 aromatic rings. The lowest BCUT2D eigenvalue weighted by Crippen LogP contribution is -2.24. The van der Waals surface area contributed by atoms with Gasteiger partial charge in [0.1, 0.15) is 0 Å². The van der Waals surface area contributed by atoms with E-state index in [4.69, 9.17) is 0 Å². The molecule has 0 saturated heterocycles. The average molecular weight is 215 g/mol. The van der Waals surface area contributed by atoms with Crippen LogP contribution in [-0.4, -0.2) is 50.5 Å². The molecule has 1 N–H and O–H groups in total. The van der Waals surface area contributed by atoms with Crippen LogP contribution < -0.4 is 5.32 Å². The second-order valence-electron chi connectivity index (χ2n) is 3.00. The Balaban J connectivity index is 3.59. The van der Waals surface area contributed by atoms with E-state index in [0.717, 1.165) is 0 Å². The van der Waals surface area contributed by atoms with Crippen molar-refractivity contribution in [1.82, 2.24) is 10.2 Å². The molecule has 0 unspecified atom stereocenters. The predicted octanol–water partition coefficient (Wildman–Crippen LogP) is 0.239. The summed E-state index contributed by atoms with van der Waals surface area (Å²) in [5, 5.41) is 2.46. The van der Waals surface area contributed by atoms with Gasteiger partial charge in [0.05, 0.1) is 19.4 Å². The van der Waals surface area contributed by atoms with Crippen LogP contribution in [0.25, 0.3) is 0 Å². The Bertz CT molecular complexity index is 239. The molecule has 0 aliphatic rings. The smallest absolute Gasteiger partial charge is 0.342 e. The van der Waals surface area contributed by atoms with Gasteiger partial charge in [-0.25, -0.2) is 4.79 Å². The first-order chi connectivity index (χ1) is 7.06. The highest BCUT2D eigenvalue weighted by molar-refractivity contribution is 5.83. The predicted molar refractivity (Wildman–Crippen MR) is 56.8 cm³/mol. The molecule has 0 rings (SSSR count). The minimum Gasteiger partial charge on any atom is -0.466 e. The van der Waals surface area contributed by atoms with Crippen LogP contribution >= 0.6 is 0 Å². The number of nitrogens with zero attached hydrogens (tertiary/aromatic N) is 2. The second-order valence-corrected chi connectivity index (χ2v) is 3.00. The highest BCUT2D eigenvalue weighted by Gasteiger charge is 2.02. The van der Waals surface area contributed by atoms with Crippen molar-refractivity contribution in [1.29, 1.82) is 0 Å². The fraction of sp³-hybridized carbons (Fsp3) is 0.667. The van der Waals surface area contributed by atoms with E-state index in [1.807, 2.05) is 0 Å². The van der Waals surface area contributed by atoms with Gasteiger partial charge >= 0.3 is 12.0 Å². The fourth-order valence-corrected chi connectivity index (χ4v) is 0.718. The first kappa shape index (κ1) is 13.4. The lowest BCUT2D eigenvalue weighted by molar-refractivity contribution is -0.142. The Hall–Kier alpha value is -1.59. The second kappa shape index (κ2) is 7.78. The Morgan fingerprint density at radius 1 is 1.47 bits per heavy atom.